The van der Waals surface area contributed by atoms with Gasteiger partial charge in [0.15, 0.2) is 10.9 Å². The minimum absolute atomic E-state index is 0. The molecule has 3 rings (SSSR count). The van der Waals surface area contributed by atoms with E-state index in [1.54, 1.807) is 0 Å². The fourth-order valence-electron chi connectivity index (χ4n) is 3.45. The summed E-state index contributed by atoms with van der Waals surface area (Å²) < 4.78 is 0. The van der Waals surface area contributed by atoms with E-state index in [-0.39, 0.29) is 41.5 Å². The van der Waals surface area contributed by atoms with Crippen molar-refractivity contribution in [1.29, 1.82) is 0 Å². The molecule has 1 saturated carbocycles. The number of thiazole rings is 1. The third kappa shape index (κ3) is 4.11. The molecule has 1 aromatic rings. The minimum atomic E-state index is -0.0461. The van der Waals surface area contributed by atoms with Crippen molar-refractivity contribution in [2.75, 3.05) is 5.32 Å². The van der Waals surface area contributed by atoms with Gasteiger partial charge in [0, 0.05) is 18.4 Å². The number of carbonyl (C=O) groups excluding carboxylic acids is 2. The molecule has 0 aromatic carbocycles. The number of carbonyl (C=O) groups is 2. The average molecular weight is 358 g/mol. The maximum Gasteiger partial charge on any atom is 0.229 e. The fraction of sp³-hybridized carbons (Fsp3) is 0.688. The molecule has 7 heteroatoms. The lowest BCUT2D eigenvalue weighted by Gasteiger charge is -2.26. The van der Waals surface area contributed by atoms with Gasteiger partial charge in [0.2, 0.25) is 5.91 Å². The number of rotatable bonds is 2. The summed E-state index contributed by atoms with van der Waals surface area (Å²) in [5.74, 6) is 0.105. The van der Waals surface area contributed by atoms with E-state index >= 15 is 0 Å². The van der Waals surface area contributed by atoms with E-state index in [1.165, 1.54) is 11.3 Å². The van der Waals surface area contributed by atoms with Crippen molar-refractivity contribution < 1.29 is 9.59 Å². The van der Waals surface area contributed by atoms with Crippen LogP contribution in [-0.4, -0.2) is 22.7 Å². The van der Waals surface area contributed by atoms with Crippen molar-refractivity contribution in [2.24, 2.45) is 17.1 Å². The number of ketones is 1. The average Bonchev–Trinajstić information content (AvgIpc) is 2.80. The molecular formula is C16H24ClN3O2S. The molecule has 1 fully saturated rings. The summed E-state index contributed by atoms with van der Waals surface area (Å²) in [4.78, 5) is 29.7. The lowest BCUT2D eigenvalue weighted by molar-refractivity contribution is -0.120. The SMILES string of the molecule is CC1(C)CC(=O)c2sc(NC(=O)C3CCCC(N)C3)nc2C1.Cl. The molecule has 3 N–H and O–H groups in total. The van der Waals surface area contributed by atoms with Gasteiger partial charge >= 0.3 is 0 Å². The smallest absolute Gasteiger partial charge is 0.229 e. The summed E-state index contributed by atoms with van der Waals surface area (Å²) in [5, 5.41) is 3.45. The van der Waals surface area contributed by atoms with Gasteiger partial charge in [-0.3, -0.25) is 9.59 Å². The molecule has 2 unspecified atom stereocenters. The molecule has 2 aliphatic rings. The molecule has 2 aliphatic carbocycles. The highest BCUT2D eigenvalue weighted by Gasteiger charge is 2.34. The monoisotopic (exact) mass is 357 g/mol. The Morgan fingerprint density at radius 1 is 1.35 bits per heavy atom. The Labute approximate surface area is 146 Å². The maximum absolute atomic E-state index is 12.3. The first-order valence-electron chi connectivity index (χ1n) is 7.93. The molecule has 5 nitrogen and oxygen atoms in total. The maximum atomic E-state index is 12.3. The van der Waals surface area contributed by atoms with E-state index in [1.807, 2.05) is 0 Å². The predicted octanol–water partition coefficient (Wildman–Crippen LogP) is 3.18. The Morgan fingerprint density at radius 2 is 2.09 bits per heavy atom. The van der Waals surface area contributed by atoms with Gasteiger partial charge < -0.3 is 11.1 Å². The van der Waals surface area contributed by atoms with Crippen LogP contribution in [0.5, 0.6) is 0 Å². The summed E-state index contributed by atoms with van der Waals surface area (Å²) in [7, 11) is 0. The van der Waals surface area contributed by atoms with Crippen LogP contribution in [0.15, 0.2) is 0 Å². The Bertz CT molecular complexity index is 614. The molecule has 2 atom stereocenters. The van der Waals surface area contributed by atoms with Gasteiger partial charge in [-0.2, -0.15) is 0 Å². The van der Waals surface area contributed by atoms with E-state index in [0.29, 0.717) is 11.6 Å². The lowest BCUT2D eigenvalue weighted by atomic mass is 9.78. The molecule has 0 aliphatic heterocycles. The van der Waals surface area contributed by atoms with Crippen LogP contribution in [-0.2, 0) is 11.2 Å². The topological polar surface area (TPSA) is 85.1 Å². The van der Waals surface area contributed by atoms with Crippen LogP contribution in [0.4, 0.5) is 5.13 Å². The van der Waals surface area contributed by atoms with Crippen molar-refractivity contribution in [2.45, 2.75) is 58.4 Å². The van der Waals surface area contributed by atoms with E-state index < -0.39 is 0 Å². The van der Waals surface area contributed by atoms with Crippen molar-refractivity contribution in [1.82, 2.24) is 4.98 Å². The van der Waals surface area contributed by atoms with E-state index in [9.17, 15) is 9.59 Å². The molecular weight excluding hydrogens is 334 g/mol. The number of nitrogens with one attached hydrogen (secondary N) is 1. The van der Waals surface area contributed by atoms with Gasteiger partial charge in [-0.1, -0.05) is 31.6 Å². The van der Waals surface area contributed by atoms with Gasteiger partial charge in [0.05, 0.1) is 10.6 Å². The zero-order valence-electron chi connectivity index (χ0n) is 13.6. The number of Topliss-reactive ketones (excluding diaryl/α,β-unsaturated/α-hetero) is 1. The minimum Gasteiger partial charge on any atom is -0.328 e. The van der Waals surface area contributed by atoms with E-state index in [4.69, 9.17) is 5.73 Å². The summed E-state index contributed by atoms with van der Waals surface area (Å²) >= 11 is 1.31. The number of nitrogens with zero attached hydrogens (tertiary/aromatic N) is 1. The Hall–Kier alpha value is -0.980. The normalized spacial score (nSPS) is 26.1. The second-order valence-corrected chi connectivity index (χ2v) is 8.35. The van der Waals surface area contributed by atoms with Gasteiger partial charge in [-0.25, -0.2) is 4.98 Å². The zero-order chi connectivity index (χ0) is 15.9. The van der Waals surface area contributed by atoms with Gasteiger partial charge in [0.25, 0.3) is 0 Å². The van der Waals surface area contributed by atoms with Crippen LogP contribution in [0, 0.1) is 11.3 Å². The first-order chi connectivity index (χ1) is 10.3. The van der Waals surface area contributed by atoms with Gasteiger partial charge in [0.1, 0.15) is 0 Å². The Morgan fingerprint density at radius 3 is 2.78 bits per heavy atom. The second kappa shape index (κ2) is 6.87. The fourth-order valence-corrected chi connectivity index (χ4v) is 4.37. The molecule has 1 aromatic heterocycles. The first-order valence-corrected chi connectivity index (χ1v) is 8.75. The number of amides is 1. The molecule has 1 heterocycles. The van der Waals surface area contributed by atoms with Gasteiger partial charge in [-0.15, -0.1) is 12.4 Å². The predicted molar refractivity (Wildman–Crippen MR) is 94.4 cm³/mol. The number of hydrogen-bond donors (Lipinski definition) is 2. The summed E-state index contributed by atoms with van der Waals surface area (Å²) in [6.07, 6.45) is 4.96. The van der Waals surface area contributed by atoms with Gasteiger partial charge in [-0.05, 0) is 31.1 Å². The zero-order valence-corrected chi connectivity index (χ0v) is 15.2. The standard InChI is InChI=1S/C16H23N3O2S.ClH/c1-16(2)7-11-13(12(20)8-16)22-15(18-11)19-14(21)9-4-3-5-10(17)6-9;/h9-10H,3-8,17H2,1-2H3,(H,18,19,21);1H. The lowest BCUT2D eigenvalue weighted by Crippen LogP contribution is -2.34. The van der Waals surface area contributed by atoms with Crippen molar-refractivity contribution >= 4 is 40.6 Å². The highest BCUT2D eigenvalue weighted by atomic mass is 35.5. The molecule has 0 spiro atoms. The first kappa shape index (κ1) is 18.4. The van der Waals surface area contributed by atoms with Crippen LogP contribution >= 0.6 is 23.7 Å². The second-order valence-electron chi connectivity index (χ2n) is 7.35. The van der Waals surface area contributed by atoms with Crippen molar-refractivity contribution in [3.8, 4) is 0 Å². The summed E-state index contributed by atoms with van der Waals surface area (Å²) in [6.45, 7) is 4.16. The molecule has 1 amide bonds. The third-order valence-corrected chi connectivity index (χ3v) is 5.61. The number of anilines is 1. The highest BCUT2D eigenvalue weighted by molar-refractivity contribution is 7.17. The molecule has 0 saturated heterocycles. The van der Waals surface area contributed by atoms with Crippen LogP contribution in [0.3, 0.4) is 0 Å². The van der Waals surface area contributed by atoms with Crippen LogP contribution in [0.2, 0.25) is 0 Å². The summed E-state index contributed by atoms with van der Waals surface area (Å²) in [5.41, 5.74) is 6.74. The number of nitrogens with two attached hydrogens (primary N) is 1. The van der Waals surface area contributed by atoms with Crippen LogP contribution < -0.4 is 11.1 Å². The Kier molecular flexibility index (Phi) is 5.48. The molecule has 0 radical (unpaired) electrons. The van der Waals surface area contributed by atoms with E-state index in [0.717, 1.165) is 42.7 Å². The number of halogens is 1. The van der Waals surface area contributed by atoms with Crippen LogP contribution in [0.25, 0.3) is 0 Å². The van der Waals surface area contributed by atoms with Crippen LogP contribution in [0.1, 0.15) is 61.3 Å². The third-order valence-electron chi connectivity index (χ3n) is 4.55. The van der Waals surface area contributed by atoms with E-state index in [2.05, 4.69) is 24.1 Å². The molecule has 128 valence electrons. The quantitative estimate of drug-likeness (QED) is 0.851. The van der Waals surface area contributed by atoms with Crippen molar-refractivity contribution in [3.63, 3.8) is 0 Å². The summed E-state index contributed by atoms with van der Waals surface area (Å²) in [6, 6.07) is 0.122. The molecule has 23 heavy (non-hydrogen) atoms. The Balaban J connectivity index is 0.00000192. The van der Waals surface area contributed by atoms with Crippen molar-refractivity contribution in [3.05, 3.63) is 10.6 Å². The molecule has 0 bridgehead atoms. The number of aromatic nitrogens is 1. The largest absolute Gasteiger partial charge is 0.328 e. The number of fused-ring (bicyclic) bond motifs is 1. The highest BCUT2D eigenvalue weighted by Crippen LogP contribution is 2.38. The number of hydrogen-bond acceptors (Lipinski definition) is 5.